The Labute approximate surface area is 139 Å². The number of carbonyl (C=O) groups is 2. The Hall–Kier alpha value is -2.35. The molecule has 0 radical (unpaired) electrons. The number of aliphatic carboxylic acids is 2. The second kappa shape index (κ2) is 19.7. The number of hydrogen-bond donors (Lipinski definition) is 2. The van der Waals surface area contributed by atoms with Crippen molar-refractivity contribution in [3.8, 4) is 6.07 Å². The van der Waals surface area contributed by atoms with Crippen molar-refractivity contribution in [1.29, 1.82) is 5.26 Å². The molecule has 23 heavy (non-hydrogen) atoms. The first-order valence-corrected chi connectivity index (χ1v) is 7.54. The van der Waals surface area contributed by atoms with Crippen LogP contribution in [0.2, 0.25) is 0 Å². The highest BCUT2D eigenvalue weighted by atomic mass is 16.4. The van der Waals surface area contributed by atoms with Crippen molar-refractivity contribution in [2.45, 2.75) is 52.4 Å². The van der Waals surface area contributed by atoms with Gasteiger partial charge in [-0.25, -0.2) is 4.79 Å². The number of nitriles is 1. The quantitative estimate of drug-likeness (QED) is 0.368. The van der Waals surface area contributed by atoms with Crippen LogP contribution in [0.5, 0.6) is 0 Å². The summed E-state index contributed by atoms with van der Waals surface area (Å²) in [4.78, 5) is 20.1. The molecule has 2 N–H and O–H groups in total. The number of rotatable bonds is 9. The fourth-order valence-electron chi connectivity index (χ4n) is 1.50. The number of allylic oxidation sites excluding steroid dienone is 1. The van der Waals surface area contributed by atoms with Crippen molar-refractivity contribution >= 4 is 11.9 Å². The van der Waals surface area contributed by atoms with Gasteiger partial charge in [0.1, 0.15) is 0 Å². The summed E-state index contributed by atoms with van der Waals surface area (Å²) in [6, 6.07) is 1.69. The minimum Gasteiger partial charge on any atom is -0.481 e. The molecule has 0 aromatic carbocycles. The summed E-state index contributed by atoms with van der Waals surface area (Å²) >= 11 is 0. The zero-order valence-corrected chi connectivity index (χ0v) is 14.3. The Kier molecular flexibility index (Phi) is 21.9. The summed E-state index contributed by atoms with van der Waals surface area (Å²) in [5, 5.41) is 24.0. The Morgan fingerprint density at radius 2 is 1.78 bits per heavy atom. The fourth-order valence-corrected chi connectivity index (χ4v) is 1.50. The zero-order valence-electron chi connectivity index (χ0n) is 14.3. The molecule has 0 saturated heterocycles. The molecule has 0 bridgehead atoms. The molecule has 5 nitrogen and oxygen atoms in total. The lowest BCUT2D eigenvalue weighted by Gasteiger charge is -2.13. The average molecular weight is 323 g/mol. The summed E-state index contributed by atoms with van der Waals surface area (Å²) in [6.45, 7) is 14.1. The van der Waals surface area contributed by atoms with E-state index in [4.69, 9.17) is 15.5 Å². The first-order valence-electron chi connectivity index (χ1n) is 7.54. The van der Waals surface area contributed by atoms with E-state index >= 15 is 0 Å². The van der Waals surface area contributed by atoms with Gasteiger partial charge in [-0.05, 0) is 12.3 Å². The van der Waals surface area contributed by atoms with Gasteiger partial charge in [-0.2, -0.15) is 5.26 Å². The molecule has 0 aliphatic rings. The maximum Gasteiger partial charge on any atom is 0.330 e. The smallest absolute Gasteiger partial charge is 0.330 e. The van der Waals surface area contributed by atoms with Gasteiger partial charge in [0.25, 0.3) is 0 Å². The van der Waals surface area contributed by atoms with E-state index in [2.05, 4.69) is 33.6 Å². The van der Waals surface area contributed by atoms with Crippen LogP contribution in [-0.4, -0.2) is 22.2 Å². The minimum absolute atomic E-state index is 0.0556. The van der Waals surface area contributed by atoms with E-state index in [-0.39, 0.29) is 6.42 Å². The third-order valence-corrected chi connectivity index (χ3v) is 2.79. The van der Waals surface area contributed by atoms with E-state index in [1.165, 1.54) is 25.0 Å². The molecule has 0 saturated carbocycles. The van der Waals surface area contributed by atoms with Crippen LogP contribution in [0.15, 0.2) is 37.5 Å². The van der Waals surface area contributed by atoms with Crippen LogP contribution in [0.1, 0.15) is 52.4 Å². The van der Waals surface area contributed by atoms with Crippen LogP contribution >= 0.6 is 0 Å². The number of carboxylic acids is 2. The van der Waals surface area contributed by atoms with Gasteiger partial charge in [0.05, 0.1) is 12.5 Å². The van der Waals surface area contributed by atoms with Crippen LogP contribution in [0.3, 0.4) is 0 Å². The second-order valence-corrected chi connectivity index (χ2v) is 4.75. The topological polar surface area (TPSA) is 98.4 Å². The van der Waals surface area contributed by atoms with Crippen molar-refractivity contribution in [2.24, 2.45) is 5.92 Å². The van der Waals surface area contributed by atoms with Gasteiger partial charge in [-0.3, -0.25) is 4.79 Å². The van der Waals surface area contributed by atoms with Crippen LogP contribution in [-0.2, 0) is 9.59 Å². The molecule has 0 aliphatic carbocycles. The highest BCUT2D eigenvalue weighted by Crippen LogP contribution is 2.20. The van der Waals surface area contributed by atoms with Crippen molar-refractivity contribution in [2.75, 3.05) is 0 Å². The van der Waals surface area contributed by atoms with Gasteiger partial charge < -0.3 is 10.2 Å². The fraction of sp³-hybridized carbons (Fsp3) is 0.500. The molecule has 0 fully saturated rings. The van der Waals surface area contributed by atoms with Crippen molar-refractivity contribution in [3.05, 3.63) is 37.5 Å². The third-order valence-electron chi connectivity index (χ3n) is 2.79. The highest BCUT2D eigenvalue weighted by molar-refractivity contribution is 5.85. The normalized spacial score (nSPS) is 9.61. The summed E-state index contributed by atoms with van der Waals surface area (Å²) in [7, 11) is 0. The Bertz CT molecular complexity index is 408. The largest absolute Gasteiger partial charge is 0.481 e. The molecule has 0 spiro atoms. The summed E-state index contributed by atoms with van der Waals surface area (Å²) < 4.78 is 0. The average Bonchev–Trinajstić information content (AvgIpc) is 2.51. The highest BCUT2D eigenvalue weighted by Gasteiger charge is 2.11. The predicted molar refractivity (Wildman–Crippen MR) is 93.0 cm³/mol. The first kappa shape index (κ1) is 25.6. The minimum atomic E-state index is -0.852. The predicted octanol–water partition coefficient (Wildman–Crippen LogP) is 4.58. The monoisotopic (exact) mass is 323 g/mol. The van der Waals surface area contributed by atoms with Gasteiger partial charge in [-0.15, -0.1) is 6.58 Å². The standard InChI is InChI=1S/C11H20O2.C4H6O2.C3H3N/c1-4-6-7-10(5-2)8-9(3)11(12)13;1-2-3-4(5)6;1-2-3-4/h10H,3-8H2,1-2H3,(H,12,13);2H,1,3H2,(H,5,6);2H,1H2. The molecule has 1 unspecified atom stereocenters. The van der Waals surface area contributed by atoms with Gasteiger partial charge in [0.2, 0.25) is 0 Å². The Morgan fingerprint density at radius 3 is 2.00 bits per heavy atom. The molecule has 130 valence electrons. The number of hydrogen-bond acceptors (Lipinski definition) is 3. The van der Waals surface area contributed by atoms with Gasteiger partial charge in [0, 0.05) is 11.6 Å². The zero-order chi connectivity index (χ0) is 18.7. The van der Waals surface area contributed by atoms with Crippen LogP contribution in [0.4, 0.5) is 0 Å². The van der Waals surface area contributed by atoms with E-state index in [0.717, 1.165) is 12.8 Å². The molecule has 0 aliphatic heterocycles. The molecule has 0 heterocycles. The molecule has 0 rings (SSSR count). The lowest BCUT2D eigenvalue weighted by molar-refractivity contribution is -0.136. The van der Waals surface area contributed by atoms with Crippen LogP contribution in [0.25, 0.3) is 0 Å². The second-order valence-electron chi connectivity index (χ2n) is 4.75. The maximum absolute atomic E-state index is 10.5. The molecular formula is C18H29NO4. The van der Waals surface area contributed by atoms with Crippen molar-refractivity contribution in [1.82, 2.24) is 0 Å². The lowest BCUT2D eigenvalue weighted by Crippen LogP contribution is -2.06. The van der Waals surface area contributed by atoms with Gasteiger partial charge in [0.15, 0.2) is 0 Å². The summed E-state index contributed by atoms with van der Waals surface area (Å²) in [5.41, 5.74) is 0.350. The maximum atomic E-state index is 10.5. The summed E-state index contributed by atoms with van der Waals surface area (Å²) in [6.07, 6.45) is 7.77. The van der Waals surface area contributed by atoms with E-state index < -0.39 is 11.9 Å². The molecule has 5 heteroatoms. The summed E-state index contributed by atoms with van der Waals surface area (Å²) in [5.74, 6) is -1.18. The first-order chi connectivity index (χ1) is 10.8. The Balaban J connectivity index is -0.000000330. The van der Waals surface area contributed by atoms with Gasteiger partial charge >= 0.3 is 11.9 Å². The number of nitrogens with zero attached hydrogens (tertiary/aromatic N) is 1. The SMILES string of the molecule is C=C(CC(CC)CCCC)C(=O)O.C=CC#N.C=CCC(=O)O. The number of carboxylic acid groups (broad SMARTS) is 2. The molecule has 1 atom stereocenters. The van der Waals surface area contributed by atoms with Gasteiger partial charge in [-0.1, -0.05) is 58.8 Å². The third kappa shape index (κ3) is 25.0. The van der Waals surface area contributed by atoms with E-state index in [1.807, 2.05) is 0 Å². The van der Waals surface area contributed by atoms with E-state index in [9.17, 15) is 9.59 Å². The molecule has 0 aromatic heterocycles. The van der Waals surface area contributed by atoms with E-state index in [0.29, 0.717) is 17.9 Å². The molecule has 0 aromatic rings. The van der Waals surface area contributed by atoms with Crippen molar-refractivity contribution < 1.29 is 19.8 Å². The Morgan fingerprint density at radius 1 is 1.26 bits per heavy atom. The van der Waals surface area contributed by atoms with Crippen LogP contribution in [0, 0.1) is 17.2 Å². The molecule has 0 amide bonds. The van der Waals surface area contributed by atoms with Crippen LogP contribution < -0.4 is 0 Å². The van der Waals surface area contributed by atoms with E-state index in [1.54, 1.807) is 6.07 Å². The number of unbranched alkanes of at least 4 members (excludes halogenated alkanes) is 1. The lowest BCUT2D eigenvalue weighted by atomic mass is 9.92. The van der Waals surface area contributed by atoms with Crippen molar-refractivity contribution in [3.63, 3.8) is 0 Å². The molecular weight excluding hydrogens is 294 g/mol.